The number of aliphatic hydroxyl groups is 2. The standard InChI is InChI=1S/C26H50O6/c1-22-23(27)21-24(28)26(32-22)31-20-18-16-14-12-10-8-6-4-2-3-5-7-9-11-13-15-17-19-25(29)30/h22-24,26-28H,2-21H2,1H3,(H,29,30). The van der Waals surface area contributed by atoms with Gasteiger partial charge in [0.05, 0.1) is 12.2 Å². The maximum atomic E-state index is 10.4. The lowest BCUT2D eigenvalue weighted by Crippen LogP contribution is -2.47. The van der Waals surface area contributed by atoms with Gasteiger partial charge in [0.15, 0.2) is 6.29 Å². The second-order valence-corrected chi connectivity index (χ2v) is 9.60. The fraction of sp³-hybridized carbons (Fsp3) is 0.962. The molecule has 3 N–H and O–H groups in total. The molecule has 0 radical (unpaired) electrons. The van der Waals surface area contributed by atoms with Crippen molar-refractivity contribution in [2.75, 3.05) is 6.61 Å². The highest BCUT2D eigenvalue weighted by molar-refractivity contribution is 5.66. The minimum absolute atomic E-state index is 0.281. The number of rotatable bonds is 21. The van der Waals surface area contributed by atoms with Crippen LogP contribution in [0.5, 0.6) is 0 Å². The molecule has 1 saturated heterocycles. The summed E-state index contributed by atoms with van der Waals surface area (Å²) in [6.45, 7) is 2.42. The lowest BCUT2D eigenvalue weighted by molar-refractivity contribution is -0.261. The van der Waals surface area contributed by atoms with Gasteiger partial charge in [0.25, 0.3) is 0 Å². The van der Waals surface area contributed by atoms with Crippen molar-refractivity contribution in [1.82, 2.24) is 0 Å². The van der Waals surface area contributed by atoms with Gasteiger partial charge in [-0.25, -0.2) is 0 Å². The smallest absolute Gasteiger partial charge is 0.303 e. The fourth-order valence-corrected chi connectivity index (χ4v) is 4.32. The lowest BCUT2D eigenvalue weighted by Gasteiger charge is -2.35. The van der Waals surface area contributed by atoms with E-state index in [0.717, 1.165) is 25.7 Å². The molecule has 0 saturated carbocycles. The van der Waals surface area contributed by atoms with Gasteiger partial charge in [-0.05, 0) is 19.8 Å². The summed E-state index contributed by atoms with van der Waals surface area (Å²) >= 11 is 0. The molecule has 1 aliphatic heterocycles. The zero-order valence-electron chi connectivity index (χ0n) is 20.5. The Morgan fingerprint density at radius 2 is 1.12 bits per heavy atom. The van der Waals surface area contributed by atoms with Crippen molar-refractivity contribution in [2.45, 2.75) is 154 Å². The molecule has 4 unspecified atom stereocenters. The van der Waals surface area contributed by atoms with Gasteiger partial charge >= 0.3 is 5.97 Å². The van der Waals surface area contributed by atoms with Crippen LogP contribution in [0, 0.1) is 0 Å². The molecule has 6 heteroatoms. The quantitative estimate of drug-likeness (QED) is 0.183. The highest BCUT2D eigenvalue weighted by atomic mass is 16.7. The molecule has 0 aliphatic carbocycles. The van der Waals surface area contributed by atoms with Crippen LogP contribution in [0.15, 0.2) is 0 Å². The van der Waals surface area contributed by atoms with E-state index >= 15 is 0 Å². The third-order valence-electron chi connectivity index (χ3n) is 6.50. The van der Waals surface area contributed by atoms with E-state index < -0.39 is 24.5 Å². The SMILES string of the molecule is CC1OC(OCCCCCCCCCCCCCCCCCCCC(=O)O)C(O)CC1O. The first-order valence-electron chi connectivity index (χ1n) is 13.4. The zero-order chi connectivity index (χ0) is 23.4. The molecule has 1 rings (SSSR count). The van der Waals surface area contributed by atoms with Crippen LogP contribution in [0.1, 0.15) is 129 Å². The number of carboxylic acid groups (broad SMARTS) is 1. The minimum atomic E-state index is -0.733. The number of carboxylic acids is 1. The number of unbranched alkanes of at least 4 members (excludes halogenated alkanes) is 16. The first kappa shape index (κ1) is 29.3. The predicted octanol–water partition coefficient (Wildman–Crippen LogP) is 5.97. The van der Waals surface area contributed by atoms with Crippen molar-refractivity contribution in [3.63, 3.8) is 0 Å². The van der Waals surface area contributed by atoms with Gasteiger partial charge in [0.1, 0.15) is 6.10 Å². The molecule has 190 valence electrons. The van der Waals surface area contributed by atoms with Crippen LogP contribution in [0.2, 0.25) is 0 Å². The Balaban J connectivity index is 1.73. The van der Waals surface area contributed by atoms with Gasteiger partial charge in [-0.1, -0.05) is 96.3 Å². The molecule has 1 aliphatic rings. The maximum absolute atomic E-state index is 10.4. The van der Waals surface area contributed by atoms with E-state index in [1.54, 1.807) is 0 Å². The molecule has 0 amide bonds. The summed E-state index contributed by atoms with van der Waals surface area (Å²) in [6, 6.07) is 0. The molecular formula is C26H50O6. The van der Waals surface area contributed by atoms with Gasteiger partial charge in [-0.2, -0.15) is 0 Å². The summed E-state index contributed by atoms with van der Waals surface area (Å²) in [6.07, 6.45) is 19.5. The topological polar surface area (TPSA) is 96.2 Å². The largest absolute Gasteiger partial charge is 0.481 e. The number of hydrogen-bond acceptors (Lipinski definition) is 5. The number of carbonyl (C=O) groups is 1. The van der Waals surface area contributed by atoms with E-state index in [9.17, 15) is 15.0 Å². The fourth-order valence-electron chi connectivity index (χ4n) is 4.32. The highest BCUT2D eigenvalue weighted by Gasteiger charge is 2.34. The van der Waals surface area contributed by atoms with E-state index in [1.165, 1.54) is 83.5 Å². The molecule has 0 aromatic carbocycles. The third kappa shape index (κ3) is 16.0. The van der Waals surface area contributed by atoms with Crippen LogP contribution >= 0.6 is 0 Å². The van der Waals surface area contributed by atoms with Crippen LogP contribution < -0.4 is 0 Å². The summed E-state index contributed by atoms with van der Waals surface area (Å²) in [4.78, 5) is 10.4. The Hall–Kier alpha value is -0.690. The zero-order valence-corrected chi connectivity index (χ0v) is 20.5. The normalized spacial score (nSPS) is 23.5. The average molecular weight is 459 g/mol. The van der Waals surface area contributed by atoms with Gasteiger partial charge in [0.2, 0.25) is 0 Å². The number of ether oxygens (including phenoxy) is 2. The molecule has 6 nitrogen and oxygen atoms in total. The number of hydrogen-bond donors (Lipinski definition) is 3. The van der Waals surface area contributed by atoms with Crippen LogP contribution in [0.4, 0.5) is 0 Å². The van der Waals surface area contributed by atoms with Gasteiger partial charge in [-0.3, -0.25) is 4.79 Å². The van der Waals surface area contributed by atoms with Gasteiger partial charge < -0.3 is 24.8 Å². The van der Waals surface area contributed by atoms with Gasteiger partial charge in [-0.15, -0.1) is 0 Å². The second kappa shape index (κ2) is 19.7. The Morgan fingerprint density at radius 3 is 1.56 bits per heavy atom. The van der Waals surface area contributed by atoms with E-state index in [2.05, 4.69) is 0 Å². The lowest BCUT2D eigenvalue weighted by atomic mass is 10.0. The first-order valence-corrected chi connectivity index (χ1v) is 13.4. The second-order valence-electron chi connectivity index (χ2n) is 9.60. The van der Waals surface area contributed by atoms with Gasteiger partial charge in [0, 0.05) is 19.4 Å². The summed E-state index contributed by atoms with van der Waals surface area (Å²) in [5.41, 5.74) is 0. The van der Waals surface area contributed by atoms with Crippen molar-refractivity contribution in [3.8, 4) is 0 Å². The van der Waals surface area contributed by atoms with Crippen LogP contribution in [0.3, 0.4) is 0 Å². The third-order valence-corrected chi connectivity index (χ3v) is 6.50. The average Bonchev–Trinajstić information content (AvgIpc) is 2.75. The van der Waals surface area contributed by atoms with E-state index in [4.69, 9.17) is 14.6 Å². The molecule has 32 heavy (non-hydrogen) atoms. The molecule has 4 atom stereocenters. The molecule has 0 spiro atoms. The summed E-state index contributed by atoms with van der Waals surface area (Å²) in [7, 11) is 0. The van der Waals surface area contributed by atoms with Crippen LogP contribution in [-0.4, -0.2) is 52.5 Å². The van der Waals surface area contributed by atoms with Crippen molar-refractivity contribution in [1.29, 1.82) is 0 Å². The summed E-state index contributed by atoms with van der Waals surface area (Å²) < 4.78 is 11.2. The summed E-state index contributed by atoms with van der Waals surface area (Å²) in [5, 5.41) is 28.2. The predicted molar refractivity (Wildman–Crippen MR) is 128 cm³/mol. The summed E-state index contributed by atoms with van der Waals surface area (Å²) in [5.74, 6) is -0.670. The minimum Gasteiger partial charge on any atom is -0.481 e. The molecular weight excluding hydrogens is 408 g/mol. The van der Waals surface area contributed by atoms with Crippen LogP contribution in [0.25, 0.3) is 0 Å². The molecule has 0 aromatic rings. The van der Waals surface area contributed by atoms with E-state index in [0.29, 0.717) is 19.4 Å². The van der Waals surface area contributed by atoms with E-state index in [1.807, 2.05) is 6.92 Å². The Bertz CT molecular complexity index is 444. The first-order chi connectivity index (χ1) is 15.5. The maximum Gasteiger partial charge on any atom is 0.303 e. The number of aliphatic carboxylic acids is 1. The molecule has 0 aromatic heterocycles. The molecule has 0 bridgehead atoms. The Kier molecular flexibility index (Phi) is 18.1. The van der Waals surface area contributed by atoms with E-state index in [-0.39, 0.29) is 6.10 Å². The van der Waals surface area contributed by atoms with Crippen molar-refractivity contribution >= 4 is 5.97 Å². The van der Waals surface area contributed by atoms with Crippen molar-refractivity contribution in [2.24, 2.45) is 0 Å². The highest BCUT2D eigenvalue weighted by Crippen LogP contribution is 2.21. The number of aliphatic hydroxyl groups excluding tert-OH is 2. The van der Waals surface area contributed by atoms with Crippen molar-refractivity contribution in [3.05, 3.63) is 0 Å². The van der Waals surface area contributed by atoms with Crippen molar-refractivity contribution < 1.29 is 29.6 Å². The molecule has 1 heterocycles. The molecule has 1 fully saturated rings. The Labute approximate surface area is 196 Å². The Morgan fingerprint density at radius 1 is 0.719 bits per heavy atom. The monoisotopic (exact) mass is 458 g/mol. The van der Waals surface area contributed by atoms with Crippen LogP contribution in [-0.2, 0) is 14.3 Å².